The van der Waals surface area contributed by atoms with Crippen LogP contribution in [-0.4, -0.2) is 33.9 Å². The third kappa shape index (κ3) is 3.36. The Kier molecular flexibility index (Phi) is 4.63. The van der Waals surface area contributed by atoms with Crippen LogP contribution in [0.15, 0.2) is 4.79 Å². The molecule has 5 nitrogen and oxygen atoms in total. The smallest absolute Gasteiger partial charge is 0.259 e. The van der Waals surface area contributed by atoms with Gasteiger partial charge in [-0.15, -0.1) is 11.3 Å². The first-order chi connectivity index (χ1) is 12.1. The number of piperidine rings is 1. The first kappa shape index (κ1) is 16.8. The zero-order chi connectivity index (χ0) is 17.4. The van der Waals surface area contributed by atoms with Gasteiger partial charge < -0.3 is 9.88 Å². The van der Waals surface area contributed by atoms with E-state index in [1.807, 2.05) is 4.90 Å². The van der Waals surface area contributed by atoms with E-state index in [9.17, 15) is 9.59 Å². The van der Waals surface area contributed by atoms with E-state index in [0.29, 0.717) is 24.6 Å². The zero-order valence-corrected chi connectivity index (χ0v) is 15.6. The van der Waals surface area contributed by atoms with Crippen LogP contribution in [0.1, 0.15) is 55.3 Å². The summed E-state index contributed by atoms with van der Waals surface area (Å²) in [6.07, 6.45) is 7.54. The van der Waals surface area contributed by atoms with Crippen LogP contribution in [0, 0.1) is 5.92 Å². The lowest BCUT2D eigenvalue weighted by Crippen LogP contribution is -2.35. The molecule has 3 heterocycles. The molecule has 1 fully saturated rings. The molecule has 2 aliphatic rings. The van der Waals surface area contributed by atoms with Gasteiger partial charge in [-0.1, -0.05) is 6.92 Å². The number of hydrogen-bond acceptors (Lipinski definition) is 4. The number of nitrogens with one attached hydrogen (secondary N) is 1. The summed E-state index contributed by atoms with van der Waals surface area (Å²) in [4.78, 5) is 36.6. The van der Waals surface area contributed by atoms with Gasteiger partial charge in [0.1, 0.15) is 10.7 Å². The van der Waals surface area contributed by atoms with Crippen molar-refractivity contribution >= 4 is 27.5 Å². The number of amides is 1. The van der Waals surface area contributed by atoms with Gasteiger partial charge in [0, 0.05) is 30.8 Å². The number of H-pyrrole nitrogens is 1. The Labute approximate surface area is 151 Å². The molecule has 4 rings (SSSR count). The van der Waals surface area contributed by atoms with Crippen LogP contribution in [0.25, 0.3) is 10.2 Å². The van der Waals surface area contributed by atoms with Crippen LogP contribution >= 0.6 is 11.3 Å². The summed E-state index contributed by atoms with van der Waals surface area (Å²) in [6, 6.07) is 0. The fourth-order valence-electron chi connectivity index (χ4n) is 4.04. The molecule has 1 aliphatic carbocycles. The third-order valence-corrected chi connectivity index (χ3v) is 6.65. The molecule has 0 saturated carbocycles. The number of nitrogens with zero attached hydrogens (tertiary/aromatic N) is 2. The molecule has 6 heteroatoms. The molecule has 1 unspecified atom stereocenters. The van der Waals surface area contributed by atoms with E-state index in [1.165, 1.54) is 16.9 Å². The summed E-state index contributed by atoms with van der Waals surface area (Å²) in [5, 5.41) is 0.790. The van der Waals surface area contributed by atoms with Crippen molar-refractivity contribution < 1.29 is 4.79 Å². The highest BCUT2D eigenvalue weighted by atomic mass is 32.1. The van der Waals surface area contributed by atoms with Gasteiger partial charge in [0.25, 0.3) is 5.56 Å². The fourth-order valence-corrected chi connectivity index (χ4v) is 5.44. The second-order valence-corrected chi connectivity index (χ2v) is 8.57. The van der Waals surface area contributed by atoms with Gasteiger partial charge in [0.15, 0.2) is 0 Å². The molecule has 134 valence electrons. The highest BCUT2D eigenvalue weighted by Gasteiger charge is 2.23. The highest BCUT2D eigenvalue weighted by Crippen LogP contribution is 2.35. The molecule has 25 heavy (non-hydrogen) atoms. The average molecular weight is 359 g/mol. The number of aromatic amines is 1. The molecule has 0 aromatic carbocycles. The van der Waals surface area contributed by atoms with Gasteiger partial charge in [0.2, 0.25) is 5.91 Å². The molecule has 1 N–H and O–H groups in total. The molecule has 2 aromatic heterocycles. The molecule has 2 aromatic rings. The second kappa shape index (κ2) is 6.90. The lowest BCUT2D eigenvalue weighted by Gasteiger charge is -2.26. The zero-order valence-electron chi connectivity index (χ0n) is 14.8. The van der Waals surface area contributed by atoms with E-state index in [4.69, 9.17) is 0 Å². The molecular weight excluding hydrogens is 334 g/mol. The Balaban J connectivity index is 1.53. The van der Waals surface area contributed by atoms with E-state index in [-0.39, 0.29) is 11.5 Å². The second-order valence-electron chi connectivity index (χ2n) is 7.49. The highest BCUT2D eigenvalue weighted by molar-refractivity contribution is 7.18. The quantitative estimate of drug-likeness (QED) is 0.916. The van der Waals surface area contributed by atoms with Crippen LogP contribution in [0.2, 0.25) is 0 Å². The van der Waals surface area contributed by atoms with Crippen LogP contribution in [-0.2, 0) is 24.1 Å². The Morgan fingerprint density at radius 1 is 1.32 bits per heavy atom. The molecule has 1 atom stereocenters. The number of thiophene rings is 1. The van der Waals surface area contributed by atoms with Gasteiger partial charge in [-0.05, 0) is 50.0 Å². The summed E-state index contributed by atoms with van der Waals surface area (Å²) >= 11 is 1.67. The Bertz CT molecular complexity index is 848. The minimum absolute atomic E-state index is 0.0301. The van der Waals surface area contributed by atoms with Crippen molar-refractivity contribution in [1.29, 1.82) is 0 Å². The maximum absolute atomic E-state index is 12.6. The number of likely N-dealkylation sites (tertiary alicyclic amines) is 1. The fraction of sp³-hybridized carbons (Fsp3) is 0.632. The molecule has 1 saturated heterocycles. The van der Waals surface area contributed by atoms with E-state index < -0.39 is 0 Å². The minimum atomic E-state index is -0.0301. The van der Waals surface area contributed by atoms with E-state index >= 15 is 0 Å². The standard InChI is InChI=1S/C19H25N3O2S/c1-12-5-6-13-14(11-12)25-19-17(13)18(24)20-15(21-19)7-8-16(23)22-9-3-2-4-10-22/h12H,2-11H2,1H3,(H,20,21,24). The van der Waals surface area contributed by atoms with Crippen molar-refractivity contribution in [2.24, 2.45) is 5.92 Å². The average Bonchev–Trinajstić information content (AvgIpc) is 2.98. The lowest BCUT2D eigenvalue weighted by molar-refractivity contribution is -0.132. The molecule has 0 bridgehead atoms. The third-order valence-electron chi connectivity index (χ3n) is 5.50. The van der Waals surface area contributed by atoms with Crippen LogP contribution in [0.5, 0.6) is 0 Å². The maximum Gasteiger partial charge on any atom is 0.259 e. The largest absolute Gasteiger partial charge is 0.343 e. The summed E-state index contributed by atoms with van der Waals surface area (Å²) in [5.74, 6) is 1.51. The number of hydrogen-bond donors (Lipinski definition) is 1. The first-order valence-corrected chi connectivity index (χ1v) is 10.2. The minimum Gasteiger partial charge on any atom is -0.343 e. The van der Waals surface area contributed by atoms with Crippen LogP contribution in [0.4, 0.5) is 0 Å². The normalized spacial score (nSPS) is 20.7. The summed E-state index contributed by atoms with van der Waals surface area (Å²) in [7, 11) is 0. The predicted molar refractivity (Wildman–Crippen MR) is 100 cm³/mol. The van der Waals surface area contributed by atoms with Crippen molar-refractivity contribution in [2.75, 3.05) is 13.1 Å². The van der Waals surface area contributed by atoms with Crippen molar-refractivity contribution in [3.63, 3.8) is 0 Å². The lowest BCUT2D eigenvalue weighted by atomic mass is 9.89. The Morgan fingerprint density at radius 3 is 2.92 bits per heavy atom. The van der Waals surface area contributed by atoms with Crippen LogP contribution < -0.4 is 5.56 Å². The van der Waals surface area contributed by atoms with E-state index in [0.717, 1.165) is 55.4 Å². The number of fused-ring (bicyclic) bond motifs is 3. The molecule has 0 radical (unpaired) electrons. The van der Waals surface area contributed by atoms with Gasteiger partial charge in [0.05, 0.1) is 5.39 Å². The number of aromatic nitrogens is 2. The van der Waals surface area contributed by atoms with Crippen molar-refractivity contribution in [3.8, 4) is 0 Å². The Morgan fingerprint density at radius 2 is 2.12 bits per heavy atom. The molecule has 1 amide bonds. The maximum atomic E-state index is 12.6. The summed E-state index contributed by atoms with van der Waals surface area (Å²) in [5.41, 5.74) is 1.18. The first-order valence-electron chi connectivity index (χ1n) is 9.43. The molecule has 1 aliphatic heterocycles. The van der Waals surface area contributed by atoms with Gasteiger partial charge in [-0.25, -0.2) is 4.98 Å². The monoisotopic (exact) mass is 359 g/mol. The predicted octanol–water partition coefficient (Wildman–Crippen LogP) is 3.05. The van der Waals surface area contributed by atoms with E-state index in [1.54, 1.807) is 11.3 Å². The summed E-state index contributed by atoms with van der Waals surface area (Å²) < 4.78 is 0. The topological polar surface area (TPSA) is 66.1 Å². The van der Waals surface area contributed by atoms with Crippen molar-refractivity contribution in [1.82, 2.24) is 14.9 Å². The van der Waals surface area contributed by atoms with Crippen molar-refractivity contribution in [3.05, 3.63) is 26.6 Å². The number of rotatable bonds is 3. The SMILES string of the molecule is CC1CCc2c(sc3nc(CCC(=O)N4CCCCC4)[nH]c(=O)c23)C1. The number of carbonyl (C=O) groups is 1. The van der Waals surface area contributed by atoms with Crippen LogP contribution in [0.3, 0.4) is 0 Å². The Hall–Kier alpha value is -1.69. The van der Waals surface area contributed by atoms with Gasteiger partial charge in [-0.2, -0.15) is 0 Å². The van der Waals surface area contributed by atoms with Gasteiger partial charge >= 0.3 is 0 Å². The van der Waals surface area contributed by atoms with Crippen molar-refractivity contribution in [2.45, 2.75) is 58.3 Å². The molecule has 0 spiro atoms. The molecular formula is C19H25N3O2S. The summed E-state index contributed by atoms with van der Waals surface area (Å²) in [6.45, 7) is 4.01. The van der Waals surface area contributed by atoms with E-state index in [2.05, 4.69) is 16.9 Å². The van der Waals surface area contributed by atoms with Gasteiger partial charge in [-0.3, -0.25) is 9.59 Å². The number of carbonyl (C=O) groups excluding carboxylic acids is 1. The number of aryl methyl sites for hydroxylation is 2.